The van der Waals surface area contributed by atoms with Gasteiger partial charge in [0.2, 0.25) is 0 Å². The molecule has 0 aliphatic rings. The quantitative estimate of drug-likeness (QED) is 0.591. The van der Waals surface area contributed by atoms with Crippen LogP contribution in [0.1, 0.15) is 41.0 Å². The lowest BCUT2D eigenvalue weighted by Crippen LogP contribution is -2.52. The zero-order valence-corrected chi connectivity index (χ0v) is 13.3. The van der Waals surface area contributed by atoms with Crippen molar-refractivity contribution in [2.45, 2.75) is 47.1 Å². The number of nitrogens with one attached hydrogen (secondary N) is 2. The summed E-state index contributed by atoms with van der Waals surface area (Å²) >= 11 is 0. The fourth-order valence-electron chi connectivity index (χ4n) is 1.88. The lowest BCUT2D eigenvalue weighted by atomic mass is 9.87. The molecule has 1 atom stereocenters. The van der Waals surface area contributed by atoms with Gasteiger partial charge in [-0.15, -0.1) is 0 Å². The molecule has 0 aliphatic heterocycles. The van der Waals surface area contributed by atoms with Gasteiger partial charge in [0.05, 0.1) is 0 Å². The first-order valence-electron chi connectivity index (χ1n) is 7.21. The minimum Gasteiger partial charge on any atom is -0.480 e. The second-order valence-corrected chi connectivity index (χ2v) is 5.92. The lowest BCUT2D eigenvalue weighted by Gasteiger charge is -2.27. The van der Waals surface area contributed by atoms with Crippen LogP contribution in [0, 0.1) is 5.41 Å². The van der Waals surface area contributed by atoms with E-state index in [4.69, 9.17) is 5.11 Å². The molecular weight excluding hydrogens is 258 g/mol. The maximum absolute atomic E-state index is 11.7. The van der Waals surface area contributed by atoms with Gasteiger partial charge in [-0.3, -0.25) is 0 Å². The molecule has 0 aromatic rings. The highest BCUT2D eigenvalue weighted by atomic mass is 16.4. The van der Waals surface area contributed by atoms with Gasteiger partial charge >= 0.3 is 12.0 Å². The van der Waals surface area contributed by atoms with Gasteiger partial charge in [-0.1, -0.05) is 34.6 Å². The van der Waals surface area contributed by atoms with Gasteiger partial charge in [-0.2, -0.15) is 0 Å². The van der Waals surface area contributed by atoms with Crippen LogP contribution in [0.3, 0.4) is 0 Å². The molecule has 20 heavy (non-hydrogen) atoms. The Morgan fingerprint density at radius 3 is 2.15 bits per heavy atom. The molecule has 0 aliphatic carbocycles. The summed E-state index contributed by atoms with van der Waals surface area (Å²) in [7, 11) is 0. The zero-order chi connectivity index (χ0) is 15.8. The second kappa shape index (κ2) is 8.79. The molecule has 0 fully saturated rings. The highest BCUT2D eigenvalue weighted by Gasteiger charge is 2.32. The summed E-state index contributed by atoms with van der Waals surface area (Å²) in [5.74, 6) is -1.02. The molecule has 0 saturated carbocycles. The number of aliphatic carboxylic acids is 1. The fourth-order valence-corrected chi connectivity index (χ4v) is 1.88. The predicted molar refractivity (Wildman–Crippen MR) is 79.8 cm³/mol. The van der Waals surface area contributed by atoms with Crippen LogP contribution in [0.15, 0.2) is 0 Å². The molecule has 1 unspecified atom stereocenters. The molecule has 0 rings (SSSR count). The Morgan fingerprint density at radius 1 is 1.20 bits per heavy atom. The Bertz CT molecular complexity index is 309. The first-order valence-corrected chi connectivity index (χ1v) is 7.21. The van der Waals surface area contributed by atoms with Crippen molar-refractivity contribution in [1.82, 2.24) is 15.5 Å². The molecule has 0 spiro atoms. The van der Waals surface area contributed by atoms with E-state index in [0.717, 1.165) is 26.1 Å². The summed E-state index contributed by atoms with van der Waals surface area (Å²) in [5.41, 5.74) is -0.523. The molecule has 0 aromatic carbocycles. The molecule has 0 heterocycles. The van der Waals surface area contributed by atoms with Gasteiger partial charge in [0, 0.05) is 6.54 Å². The Hall–Kier alpha value is -1.30. The number of nitrogens with zero attached hydrogens (tertiary/aromatic N) is 1. The van der Waals surface area contributed by atoms with Gasteiger partial charge in [-0.05, 0) is 31.5 Å². The number of urea groups is 1. The first-order chi connectivity index (χ1) is 9.22. The predicted octanol–water partition coefficient (Wildman–Crippen LogP) is 1.52. The van der Waals surface area contributed by atoms with E-state index in [1.165, 1.54) is 0 Å². The summed E-state index contributed by atoms with van der Waals surface area (Å²) in [6, 6.07) is -1.32. The van der Waals surface area contributed by atoms with E-state index in [2.05, 4.69) is 29.4 Å². The standard InChI is InChI=1S/C14H29N3O3/c1-6-17(7-2)10-8-9-15-13(20)16-11(12(18)19)14(3,4)5/h11H,6-10H2,1-5H3,(H,18,19)(H2,15,16,20). The monoisotopic (exact) mass is 287 g/mol. The van der Waals surface area contributed by atoms with E-state index in [1.54, 1.807) is 20.8 Å². The number of carbonyl (C=O) groups is 2. The van der Waals surface area contributed by atoms with Crippen LogP contribution < -0.4 is 10.6 Å². The Kier molecular flexibility index (Phi) is 8.22. The van der Waals surface area contributed by atoms with E-state index in [-0.39, 0.29) is 0 Å². The lowest BCUT2D eigenvalue weighted by molar-refractivity contribution is -0.141. The van der Waals surface area contributed by atoms with E-state index in [0.29, 0.717) is 6.54 Å². The number of carboxylic acids is 1. The van der Waals surface area contributed by atoms with E-state index < -0.39 is 23.5 Å². The van der Waals surface area contributed by atoms with Crippen molar-refractivity contribution in [3.05, 3.63) is 0 Å². The van der Waals surface area contributed by atoms with Gasteiger partial charge in [0.25, 0.3) is 0 Å². The average Bonchev–Trinajstić information content (AvgIpc) is 2.34. The van der Waals surface area contributed by atoms with Crippen molar-refractivity contribution in [2.75, 3.05) is 26.2 Å². The van der Waals surface area contributed by atoms with E-state index in [9.17, 15) is 9.59 Å². The van der Waals surface area contributed by atoms with E-state index in [1.807, 2.05) is 0 Å². The maximum atomic E-state index is 11.7. The van der Waals surface area contributed by atoms with Crippen molar-refractivity contribution in [1.29, 1.82) is 0 Å². The number of hydrogen-bond donors (Lipinski definition) is 3. The Labute approximate surface area is 121 Å². The van der Waals surface area contributed by atoms with Crippen molar-refractivity contribution < 1.29 is 14.7 Å². The SMILES string of the molecule is CCN(CC)CCCNC(=O)NC(C(=O)O)C(C)(C)C. The summed E-state index contributed by atoms with van der Waals surface area (Å²) in [6.45, 7) is 13.0. The van der Waals surface area contributed by atoms with Gasteiger partial charge in [-0.25, -0.2) is 9.59 Å². The maximum Gasteiger partial charge on any atom is 0.326 e. The number of carboxylic acid groups (broad SMARTS) is 1. The van der Waals surface area contributed by atoms with Crippen LogP contribution in [0.4, 0.5) is 4.79 Å². The zero-order valence-electron chi connectivity index (χ0n) is 13.3. The van der Waals surface area contributed by atoms with Crippen LogP contribution in [0.25, 0.3) is 0 Å². The third kappa shape index (κ3) is 7.33. The van der Waals surface area contributed by atoms with Gasteiger partial charge < -0.3 is 20.6 Å². The highest BCUT2D eigenvalue weighted by molar-refractivity contribution is 5.83. The van der Waals surface area contributed by atoms with Crippen molar-refractivity contribution in [3.63, 3.8) is 0 Å². The third-order valence-electron chi connectivity index (χ3n) is 3.22. The molecule has 118 valence electrons. The molecule has 0 radical (unpaired) electrons. The van der Waals surface area contributed by atoms with E-state index >= 15 is 0 Å². The first kappa shape index (κ1) is 18.7. The fraction of sp³-hybridized carbons (Fsp3) is 0.857. The van der Waals surface area contributed by atoms with Crippen LogP contribution in [-0.4, -0.2) is 54.2 Å². The summed E-state index contributed by atoms with van der Waals surface area (Å²) in [5, 5.41) is 14.3. The summed E-state index contributed by atoms with van der Waals surface area (Å²) < 4.78 is 0. The second-order valence-electron chi connectivity index (χ2n) is 5.92. The minimum atomic E-state index is -1.02. The average molecular weight is 287 g/mol. The van der Waals surface area contributed by atoms with Crippen molar-refractivity contribution in [2.24, 2.45) is 5.41 Å². The van der Waals surface area contributed by atoms with Crippen LogP contribution >= 0.6 is 0 Å². The molecule has 2 amide bonds. The normalized spacial score (nSPS) is 13.1. The smallest absolute Gasteiger partial charge is 0.326 e. The summed E-state index contributed by atoms with van der Waals surface area (Å²) in [6.07, 6.45) is 0.850. The molecular formula is C14H29N3O3. The number of hydrogen-bond acceptors (Lipinski definition) is 3. The number of carbonyl (C=O) groups excluding carboxylic acids is 1. The molecule has 0 aromatic heterocycles. The molecule has 0 saturated heterocycles. The topological polar surface area (TPSA) is 81.7 Å². The van der Waals surface area contributed by atoms with Crippen molar-refractivity contribution in [3.8, 4) is 0 Å². The summed E-state index contributed by atoms with van der Waals surface area (Å²) in [4.78, 5) is 25.1. The highest BCUT2D eigenvalue weighted by Crippen LogP contribution is 2.19. The molecule has 0 bridgehead atoms. The van der Waals surface area contributed by atoms with Gasteiger partial charge in [0.15, 0.2) is 0 Å². The minimum absolute atomic E-state index is 0.424. The van der Waals surface area contributed by atoms with Crippen LogP contribution in [0.5, 0.6) is 0 Å². The van der Waals surface area contributed by atoms with Crippen molar-refractivity contribution >= 4 is 12.0 Å². The molecule has 6 heteroatoms. The largest absolute Gasteiger partial charge is 0.480 e. The number of rotatable bonds is 8. The van der Waals surface area contributed by atoms with Crippen LogP contribution in [0.2, 0.25) is 0 Å². The number of amides is 2. The molecule has 3 N–H and O–H groups in total. The third-order valence-corrected chi connectivity index (χ3v) is 3.22. The Morgan fingerprint density at radius 2 is 1.75 bits per heavy atom. The van der Waals surface area contributed by atoms with Gasteiger partial charge in [0.1, 0.15) is 6.04 Å². The molecule has 6 nitrogen and oxygen atoms in total. The van der Waals surface area contributed by atoms with Crippen LogP contribution in [-0.2, 0) is 4.79 Å². The Balaban J connectivity index is 4.07.